The van der Waals surface area contributed by atoms with Crippen molar-refractivity contribution in [1.82, 2.24) is 10.2 Å². The smallest absolute Gasteiger partial charge is 0.238 e. The van der Waals surface area contributed by atoms with Gasteiger partial charge in [0, 0.05) is 25.9 Å². The van der Waals surface area contributed by atoms with Crippen LogP contribution in [0.25, 0.3) is 0 Å². The Kier molecular flexibility index (Phi) is 1.83. The number of likely N-dealkylation sites (tertiary alicyclic amines) is 1. The predicted octanol–water partition coefficient (Wildman–Crippen LogP) is -0.728. The molecule has 5 nitrogen and oxygen atoms in total. The Hall–Kier alpha value is -1.39. The average molecular weight is 196 g/mol. The van der Waals surface area contributed by atoms with E-state index in [1.807, 2.05) is 0 Å². The Labute approximate surface area is 81.4 Å². The SMILES string of the molecule is CCN1C(=O)CC2(CNC(=O)C2)C1=O. The molecule has 0 aliphatic carbocycles. The maximum absolute atomic E-state index is 11.8. The van der Waals surface area contributed by atoms with Crippen molar-refractivity contribution in [3.8, 4) is 0 Å². The summed E-state index contributed by atoms with van der Waals surface area (Å²) in [5.74, 6) is -0.485. The second-order valence-corrected chi connectivity index (χ2v) is 3.85. The quantitative estimate of drug-likeness (QED) is 0.562. The van der Waals surface area contributed by atoms with Crippen molar-refractivity contribution < 1.29 is 14.4 Å². The first-order valence-electron chi connectivity index (χ1n) is 4.70. The molecular formula is C9H12N2O3. The number of hydrogen-bond acceptors (Lipinski definition) is 3. The summed E-state index contributed by atoms with van der Waals surface area (Å²) in [5, 5.41) is 2.61. The second kappa shape index (κ2) is 2.80. The van der Waals surface area contributed by atoms with Crippen molar-refractivity contribution in [3.63, 3.8) is 0 Å². The fraction of sp³-hybridized carbons (Fsp3) is 0.667. The molecule has 14 heavy (non-hydrogen) atoms. The van der Waals surface area contributed by atoms with Crippen molar-refractivity contribution in [2.24, 2.45) is 5.41 Å². The molecule has 0 aromatic heterocycles. The molecule has 0 saturated carbocycles. The second-order valence-electron chi connectivity index (χ2n) is 3.85. The molecule has 1 spiro atoms. The highest BCUT2D eigenvalue weighted by Gasteiger charge is 2.54. The number of rotatable bonds is 1. The summed E-state index contributed by atoms with van der Waals surface area (Å²) in [7, 11) is 0. The van der Waals surface area contributed by atoms with Crippen LogP contribution in [-0.2, 0) is 14.4 Å². The van der Waals surface area contributed by atoms with Gasteiger partial charge in [-0.1, -0.05) is 0 Å². The number of amides is 3. The third kappa shape index (κ3) is 1.05. The first kappa shape index (κ1) is 9.18. The molecule has 1 N–H and O–H groups in total. The van der Waals surface area contributed by atoms with Gasteiger partial charge in [0.05, 0.1) is 5.41 Å². The molecule has 2 aliphatic rings. The Bertz CT molecular complexity index is 326. The monoisotopic (exact) mass is 196 g/mol. The molecule has 2 saturated heterocycles. The molecule has 0 aromatic carbocycles. The van der Waals surface area contributed by atoms with Gasteiger partial charge in [-0.3, -0.25) is 19.3 Å². The molecule has 0 radical (unpaired) electrons. The highest BCUT2D eigenvalue weighted by Crippen LogP contribution is 2.38. The minimum Gasteiger partial charge on any atom is -0.355 e. The zero-order valence-corrected chi connectivity index (χ0v) is 8.00. The van der Waals surface area contributed by atoms with E-state index in [9.17, 15) is 14.4 Å². The average Bonchev–Trinajstić information content (AvgIpc) is 2.58. The zero-order chi connectivity index (χ0) is 10.3. The molecule has 3 amide bonds. The lowest BCUT2D eigenvalue weighted by Crippen LogP contribution is -2.36. The van der Waals surface area contributed by atoms with Crippen molar-refractivity contribution in [3.05, 3.63) is 0 Å². The normalized spacial score (nSPS) is 31.8. The summed E-state index contributed by atoms with van der Waals surface area (Å²) in [6, 6.07) is 0. The largest absolute Gasteiger partial charge is 0.355 e. The van der Waals surface area contributed by atoms with E-state index < -0.39 is 5.41 Å². The molecule has 5 heteroatoms. The van der Waals surface area contributed by atoms with E-state index in [4.69, 9.17) is 0 Å². The molecule has 0 bridgehead atoms. The molecule has 2 rings (SSSR count). The highest BCUT2D eigenvalue weighted by molar-refractivity contribution is 6.08. The van der Waals surface area contributed by atoms with Crippen LogP contribution >= 0.6 is 0 Å². The summed E-state index contributed by atoms with van der Waals surface area (Å²) in [5.41, 5.74) is -0.760. The topological polar surface area (TPSA) is 66.5 Å². The van der Waals surface area contributed by atoms with E-state index in [0.29, 0.717) is 13.1 Å². The van der Waals surface area contributed by atoms with E-state index in [0.717, 1.165) is 0 Å². The van der Waals surface area contributed by atoms with Crippen LogP contribution in [-0.4, -0.2) is 35.7 Å². The van der Waals surface area contributed by atoms with E-state index in [-0.39, 0.29) is 30.6 Å². The molecular weight excluding hydrogens is 184 g/mol. The summed E-state index contributed by atoms with van der Waals surface area (Å²) < 4.78 is 0. The van der Waals surface area contributed by atoms with E-state index in [1.165, 1.54) is 4.90 Å². The van der Waals surface area contributed by atoms with Crippen LogP contribution in [0.1, 0.15) is 19.8 Å². The number of carbonyl (C=O) groups excluding carboxylic acids is 3. The van der Waals surface area contributed by atoms with Gasteiger partial charge < -0.3 is 5.32 Å². The maximum atomic E-state index is 11.8. The van der Waals surface area contributed by atoms with Gasteiger partial charge in [0.2, 0.25) is 17.7 Å². The molecule has 0 aromatic rings. The standard InChI is InChI=1S/C9H12N2O3/c1-2-11-7(13)4-9(8(11)14)3-6(12)10-5-9/h2-5H2,1H3,(H,10,12). The van der Waals surface area contributed by atoms with Gasteiger partial charge in [-0.05, 0) is 6.92 Å². The van der Waals surface area contributed by atoms with Crippen molar-refractivity contribution >= 4 is 17.7 Å². The highest BCUT2D eigenvalue weighted by atomic mass is 16.2. The summed E-state index contributed by atoms with van der Waals surface area (Å²) >= 11 is 0. The van der Waals surface area contributed by atoms with Gasteiger partial charge in [0.15, 0.2) is 0 Å². The first-order valence-corrected chi connectivity index (χ1v) is 4.70. The Morgan fingerprint density at radius 1 is 1.36 bits per heavy atom. The van der Waals surface area contributed by atoms with Gasteiger partial charge in [-0.25, -0.2) is 0 Å². The fourth-order valence-corrected chi connectivity index (χ4v) is 2.16. The lowest BCUT2D eigenvalue weighted by atomic mass is 9.85. The lowest BCUT2D eigenvalue weighted by molar-refractivity contribution is -0.141. The van der Waals surface area contributed by atoms with Crippen LogP contribution in [0.3, 0.4) is 0 Å². The molecule has 76 valence electrons. The molecule has 2 fully saturated rings. The predicted molar refractivity (Wildman–Crippen MR) is 47.1 cm³/mol. The lowest BCUT2D eigenvalue weighted by Gasteiger charge is -2.17. The van der Waals surface area contributed by atoms with E-state index in [2.05, 4.69) is 5.32 Å². The van der Waals surface area contributed by atoms with Gasteiger partial charge in [-0.15, -0.1) is 0 Å². The number of carbonyl (C=O) groups is 3. The molecule has 1 atom stereocenters. The van der Waals surface area contributed by atoms with Gasteiger partial charge in [0.1, 0.15) is 0 Å². The maximum Gasteiger partial charge on any atom is 0.238 e. The van der Waals surface area contributed by atoms with Crippen LogP contribution in [0, 0.1) is 5.41 Å². The molecule has 2 aliphatic heterocycles. The Balaban J connectivity index is 2.28. The number of hydrogen-bond donors (Lipinski definition) is 1. The van der Waals surface area contributed by atoms with Crippen LogP contribution in [0.2, 0.25) is 0 Å². The minimum absolute atomic E-state index is 0.135. The number of imide groups is 1. The minimum atomic E-state index is -0.760. The fourth-order valence-electron chi connectivity index (χ4n) is 2.16. The van der Waals surface area contributed by atoms with Gasteiger partial charge in [0.25, 0.3) is 0 Å². The van der Waals surface area contributed by atoms with Crippen LogP contribution in [0.5, 0.6) is 0 Å². The summed E-state index contributed by atoms with van der Waals surface area (Å²) in [6.07, 6.45) is 0.340. The molecule has 1 unspecified atom stereocenters. The summed E-state index contributed by atoms with van der Waals surface area (Å²) in [4.78, 5) is 35.6. The van der Waals surface area contributed by atoms with Crippen LogP contribution < -0.4 is 5.32 Å². The van der Waals surface area contributed by atoms with Crippen molar-refractivity contribution in [1.29, 1.82) is 0 Å². The van der Waals surface area contributed by atoms with Crippen LogP contribution in [0.4, 0.5) is 0 Å². The third-order valence-electron chi connectivity index (χ3n) is 2.93. The number of nitrogens with zero attached hydrogens (tertiary/aromatic N) is 1. The molecule has 2 heterocycles. The van der Waals surface area contributed by atoms with Crippen LogP contribution in [0.15, 0.2) is 0 Å². The van der Waals surface area contributed by atoms with Gasteiger partial charge in [-0.2, -0.15) is 0 Å². The van der Waals surface area contributed by atoms with Crippen molar-refractivity contribution in [2.75, 3.05) is 13.1 Å². The van der Waals surface area contributed by atoms with Crippen molar-refractivity contribution in [2.45, 2.75) is 19.8 Å². The first-order chi connectivity index (χ1) is 6.59. The summed E-state index contributed by atoms with van der Waals surface area (Å²) in [6.45, 7) is 2.47. The third-order valence-corrected chi connectivity index (χ3v) is 2.93. The Morgan fingerprint density at radius 3 is 2.50 bits per heavy atom. The zero-order valence-electron chi connectivity index (χ0n) is 8.00. The van der Waals surface area contributed by atoms with Gasteiger partial charge >= 0.3 is 0 Å². The van der Waals surface area contributed by atoms with E-state index >= 15 is 0 Å². The number of nitrogens with one attached hydrogen (secondary N) is 1. The van der Waals surface area contributed by atoms with E-state index in [1.54, 1.807) is 6.92 Å². The Morgan fingerprint density at radius 2 is 2.07 bits per heavy atom.